The summed E-state index contributed by atoms with van der Waals surface area (Å²) in [5, 5.41) is 6.99. The Morgan fingerprint density at radius 2 is 1.75 bits per heavy atom. The topological polar surface area (TPSA) is 111 Å². The van der Waals surface area contributed by atoms with Crippen LogP contribution >= 0.6 is 0 Å². The van der Waals surface area contributed by atoms with Gasteiger partial charge in [0.2, 0.25) is 0 Å². The zero-order valence-corrected chi connectivity index (χ0v) is 18.6. The number of ether oxygens (including phenoxy) is 1. The van der Waals surface area contributed by atoms with Crippen molar-refractivity contribution in [2.75, 3.05) is 6.61 Å². The fourth-order valence-corrected chi connectivity index (χ4v) is 3.76. The van der Waals surface area contributed by atoms with E-state index < -0.39 is 0 Å². The van der Waals surface area contributed by atoms with E-state index in [1.54, 1.807) is 10.8 Å². The summed E-state index contributed by atoms with van der Waals surface area (Å²) < 4.78 is 8.71. The molecule has 32 heavy (non-hydrogen) atoms. The van der Waals surface area contributed by atoms with Crippen LogP contribution in [0.2, 0.25) is 0 Å². The standard InChI is InChI=1S/C23H28N6O3/c1-4-11-28-21-19(22(30)29(12-5-2)23(28)31)25-20(26-21)16-6-8-17(9-7-16)32-13-10-18-15(3)14-24-27-18/h6-9,14H,4-5,10-13H2,1-3H3,(H,24,27)(H,25,26). The third-order valence-electron chi connectivity index (χ3n) is 5.44. The fraction of sp³-hybridized carbons (Fsp3) is 0.391. The monoisotopic (exact) mass is 436 g/mol. The lowest BCUT2D eigenvalue weighted by Gasteiger charge is -2.09. The average Bonchev–Trinajstić information content (AvgIpc) is 3.41. The quantitative estimate of drug-likeness (QED) is 0.419. The fourth-order valence-electron chi connectivity index (χ4n) is 3.76. The van der Waals surface area contributed by atoms with E-state index in [2.05, 4.69) is 20.2 Å². The van der Waals surface area contributed by atoms with Gasteiger partial charge in [-0.2, -0.15) is 5.10 Å². The minimum Gasteiger partial charge on any atom is -0.493 e. The van der Waals surface area contributed by atoms with E-state index >= 15 is 0 Å². The van der Waals surface area contributed by atoms with E-state index in [-0.39, 0.29) is 11.2 Å². The van der Waals surface area contributed by atoms with E-state index in [0.29, 0.717) is 43.1 Å². The third kappa shape index (κ3) is 4.10. The lowest BCUT2D eigenvalue weighted by molar-refractivity contribution is 0.320. The first-order valence-electron chi connectivity index (χ1n) is 11.0. The summed E-state index contributed by atoms with van der Waals surface area (Å²) in [5.74, 6) is 1.30. The Hall–Kier alpha value is -3.62. The largest absolute Gasteiger partial charge is 0.493 e. The van der Waals surface area contributed by atoms with Gasteiger partial charge in [0.05, 0.1) is 12.8 Å². The van der Waals surface area contributed by atoms with Crippen molar-refractivity contribution in [3.63, 3.8) is 0 Å². The van der Waals surface area contributed by atoms with Gasteiger partial charge in [0, 0.05) is 30.8 Å². The number of nitrogens with zero attached hydrogens (tertiary/aromatic N) is 4. The van der Waals surface area contributed by atoms with Crippen molar-refractivity contribution in [3.05, 3.63) is 62.6 Å². The molecule has 9 heteroatoms. The summed E-state index contributed by atoms with van der Waals surface area (Å²) in [6, 6.07) is 7.52. The molecule has 0 bridgehead atoms. The predicted molar refractivity (Wildman–Crippen MR) is 123 cm³/mol. The first kappa shape index (κ1) is 21.6. The molecule has 0 atom stereocenters. The second-order valence-electron chi connectivity index (χ2n) is 7.83. The number of nitrogens with one attached hydrogen (secondary N) is 2. The number of aromatic amines is 2. The highest BCUT2D eigenvalue weighted by molar-refractivity contribution is 5.75. The van der Waals surface area contributed by atoms with E-state index in [1.807, 2.05) is 45.0 Å². The molecule has 4 aromatic rings. The number of H-pyrrole nitrogens is 2. The number of rotatable bonds is 9. The Balaban J connectivity index is 1.60. The van der Waals surface area contributed by atoms with Crippen molar-refractivity contribution in [1.29, 1.82) is 0 Å². The second kappa shape index (κ2) is 9.25. The number of fused-ring (bicyclic) bond motifs is 1. The Morgan fingerprint density at radius 1 is 1.03 bits per heavy atom. The molecule has 9 nitrogen and oxygen atoms in total. The van der Waals surface area contributed by atoms with Gasteiger partial charge in [-0.25, -0.2) is 9.78 Å². The lowest BCUT2D eigenvalue weighted by Crippen LogP contribution is -2.40. The van der Waals surface area contributed by atoms with Crippen LogP contribution in [0, 0.1) is 6.92 Å². The molecular formula is C23H28N6O3. The number of benzene rings is 1. The molecule has 0 unspecified atom stereocenters. The van der Waals surface area contributed by atoms with Gasteiger partial charge in [0.25, 0.3) is 5.56 Å². The number of aryl methyl sites for hydroxylation is 2. The molecule has 0 aliphatic rings. The molecule has 0 aliphatic heterocycles. The molecule has 2 N–H and O–H groups in total. The van der Waals surface area contributed by atoms with Crippen LogP contribution in [0.4, 0.5) is 0 Å². The number of hydrogen-bond acceptors (Lipinski definition) is 5. The minimum atomic E-state index is -0.327. The van der Waals surface area contributed by atoms with E-state index in [4.69, 9.17) is 4.74 Å². The molecule has 0 fully saturated rings. The molecular weight excluding hydrogens is 408 g/mol. The molecule has 3 aromatic heterocycles. The maximum atomic E-state index is 12.9. The first-order valence-corrected chi connectivity index (χ1v) is 11.0. The second-order valence-corrected chi connectivity index (χ2v) is 7.83. The average molecular weight is 437 g/mol. The molecule has 0 amide bonds. The third-order valence-corrected chi connectivity index (χ3v) is 5.44. The highest BCUT2D eigenvalue weighted by Crippen LogP contribution is 2.22. The zero-order valence-electron chi connectivity index (χ0n) is 18.6. The molecule has 168 valence electrons. The molecule has 0 radical (unpaired) electrons. The maximum Gasteiger partial charge on any atom is 0.332 e. The van der Waals surface area contributed by atoms with Crippen LogP contribution in [-0.2, 0) is 19.5 Å². The Bertz CT molecular complexity index is 1330. The Kier molecular flexibility index (Phi) is 6.25. The van der Waals surface area contributed by atoms with Crippen LogP contribution in [0.25, 0.3) is 22.6 Å². The lowest BCUT2D eigenvalue weighted by atomic mass is 10.2. The van der Waals surface area contributed by atoms with E-state index in [1.165, 1.54) is 4.57 Å². The van der Waals surface area contributed by atoms with Crippen molar-refractivity contribution in [2.45, 2.75) is 53.1 Å². The van der Waals surface area contributed by atoms with Gasteiger partial charge in [-0.15, -0.1) is 0 Å². The SMILES string of the molecule is CCCn1c(=O)c2[nH]c(-c3ccc(OCCc4[nH]ncc4C)cc3)nc2n(CCC)c1=O. The van der Waals surface area contributed by atoms with Crippen LogP contribution in [0.5, 0.6) is 5.75 Å². The normalized spacial score (nSPS) is 11.3. The summed E-state index contributed by atoms with van der Waals surface area (Å²) in [6.45, 7) is 7.37. The zero-order chi connectivity index (χ0) is 22.7. The van der Waals surface area contributed by atoms with Gasteiger partial charge < -0.3 is 9.72 Å². The summed E-state index contributed by atoms with van der Waals surface area (Å²) in [6.07, 6.45) is 4.02. The van der Waals surface area contributed by atoms with Crippen molar-refractivity contribution in [2.24, 2.45) is 0 Å². The molecule has 0 spiro atoms. The van der Waals surface area contributed by atoms with E-state index in [0.717, 1.165) is 35.4 Å². The summed E-state index contributed by atoms with van der Waals surface area (Å²) in [7, 11) is 0. The van der Waals surface area contributed by atoms with Gasteiger partial charge in [-0.1, -0.05) is 13.8 Å². The number of imidazole rings is 1. The maximum absolute atomic E-state index is 12.9. The molecule has 0 saturated carbocycles. The van der Waals surface area contributed by atoms with Crippen molar-refractivity contribution in [1.82, 2.24) is 29.3 Å². The molecule has 0 aliphatic carbocycles. The summed E-state index contributed by atoms with van der Waals surface area (Å²) >= 11 is 0. The minimum absolute atomic E-state index is 0.305. The van der Waals surface area contributed by atoms with Gasteiger partial charge in [-0.05, 0) is 49.6 Å². The van der Waals surface area contributed by atoms with Crippen molar-refractivity contribution >= 4 is 11.2 Å². The van der Waals surface area contributed by atoms with Crippen LogP contribution in [0.3, 0.4) is 0 Å². The molecule has 4 rings (SSSR count). The molecule has 0 saturated heterocycles. The smallest absolute Gasteiger partial charge is 0.332 e. The van der Waals surface area contributed by atoms with Crippen LogP contribution in [0.1, 0.15) is 37.9 Å². The highest BCUT2D eigenvalue weighted by Gasteiger charge is 2.17. The van der Waals surface area contributed by atoms with Crippen molar-refractivity contribution in [3.8, 4) is 17.1 Å². The Labute approximate surface area is 185 Å². The highest BCUT2D eigenvalue weighted by atomic mass is 16.5. The van der Waals surface area contributed by atoms with Gasteiger partial charge in [0.1, 0.15) is 17.1 Å². The number of aromatic nitrogens is 6. The van der Waals surface area contributed by atoms with E-state index in [9.17, 15) is 9.59 Å². The van der Waals surface area contributed by atoms with Crippen molar-refractivity contribution < 1.29 is 4.74 Å². The van der Waals surface area contributed by atoms with Crippen LogP contribution in [-0.4, -0.2) is 35.9 Å². The van der Waals surface area contributed by atoms with Gasteiger partial charge >= 0.3 is 5.69 Å². The number of hydrogen-bond donors (Lipinski definition) is 2. The van der Waals surface area contributed by atoms with Crippen LogP contribution < -0.4 is 16.0 Å². The van der Waals surface area contributed by atoms with Crippen LogP contribution in [0.15, 0.2) is 40.1 Å². The van der Waals surface area contributed by atoms with Gasteiger partial charge in [0.15, 0.2) is 5.65 Å². The van der Waals surface area contributed by atoms with Gasteiger partial charge in [-0.3, -0.25) is 19.0 Å². The molecule has 1 aromatic carbocycles. The first-order chi connectivity index (χ1) is 15.5. The predicted octanol–water partition coefficient (Wildman–Crippen LogP) is 3.03. The Morgan fingerprint density at radius 3 is 2.41 bits per heavy atom. The summed E-state index contributed by atoms with van der Waals surface area (Å²) in [4.78, 5) is 33.5. The molecule has 3 heterocycles. The summed E-state index contributed by atoms with van der Waals surface area (Å²) in [5.41, 5.74) is 3.13.